The number of aromatic nitrogens is 6. The number of hydrogen-bond donors (Lipinski definition) is 3. The van der Waals surface area contributed by atoms with E-state index in [4.69, 9.17) is 16.7 Å². The number of nitrogens with zero attached hydrogens (tertiary/aromatic N) is 6. The van der Waals surface area contributed by atoms with E-state index in [-0.39, 0.29) is 42.9 Å². The van der Waals surface area contributed by atoms with E-state index < -0.39 is 30.3 Å². The van der Waals surface area contributed by atoms with Gasteiger partial charge in [-0.3, -0.25) is 4.57 Å². The number of anilines is 1. The van der Waals surface area contributed by atoms with Gasteiger partial charge in [-0.05, 0) is 42.5 Å². The molecule has 15 heteroatoms. The second kappa shape index (κ2) is 10.7. The molecule has 4 aromatic rings. The highest BCUT2D eigenvalue weighted by Crippen LogP contribution is 2.24. The van der Waals surface area contributed by atoms with Crippen LogP contribution in [0.2, 0.25) is 5.02 Å². The summed E-state index contributed by atoms with van der Waals surface area (Å²) in [5, 5.41) is 30.4. The van der Waals surface area contributed by atoms with E-state index in [2.05, 4.69) is 20.5 Å². The largest absolute Gasteiger partial charge is 0.416 e. The van der Waals surface area contributed by atoms with Gasteiger partial charge < -0.3 is 15.5 Å². The van der Waals surface area contributed by atoms with Crippen molar-refractivity contribution in [3.63, 3.8) is 0 Å². The molecule has 37 heavy (non-hydrogen) atoms. The summed E-state index contributed by atoms with van der Waals surface area (Å²) in [6.45, 7) is -1.58. The second-order valence-electron chi connectivity index (χ2n) is 7.83. The topological polar surface area (TPSA) is 123 Å². The van der Waals surface area contributed by atoms with E-state index in [1.807, 2.05) is 0 Å². The third-order valence-electron chi connectivity index (χ3n) is 5.15. The van der Waals surface area contributed by atoms with Gasteiger partial charge in [-0.15, -0.1) is 10.2 Å². The average molecular weight is 542 g/mol. The molecule has 0 unspecified atom stereocenters. The van der Waals surface area contributed by atoms with Crippen molar-refractivity contribution in [1.82, 2.24) is 29.1 Å². The van der Waals surface area contributed by atoms with Gasteiger partial charge in [0, 0.05) is 17.1 Å². The monoisotopic (exact) mass is 541 g/mol. The van der Waals surface area contributed by atoms with Crippen LogP contribution in [-0.4, -0.2) is 64.8 Å². The lowest BCUT2D eigenvalue weighted by molar-refractivity contribution is -0.207. The fourth-order valence-electron chi connectivity index (χ4n) is 3.42. The van der Waals surface area contributed by atoms with Crippen LogP contribution >= 0.6 is 11.6 Å². The van der Waals surface area contributed by atoms with Crippen LogP contribution < -0.4 is 11.0 Å². The highest BCUT2D eigenvalue weighted by molar-refractivity contribution is 6.30. The third kappa shape index (κ3) is 5.98. The van der Waals surface area contributed by atoms with Gasteiger partial charge in [0.05, 0.1) is 18.8 Å². The molecule has 196 valence electrons. The molecule has 0 aliphatic heterocycles. The number of hydrogen-bond acceptors (Lipinski definition) is 7. The number of halogens is 5. The van der Waals surface area contributed by atoms with E-state index in [0.717, 1.165) is 4.68 Å². The summed E-state index contributed by atoms with van der Waals surface area (Å²) in [6, 6.07) is 11.3. The van der Waals surface area contributed by atoms with Gasteiger partial charge in [0.1, 0.15) is 12.4 Å². The molecule has 2 heterocycles. The summed E-state index contributed by atoms with van der Waals surface area (Å²) in [5.74, 6) is -0.510. The lowest BCUT2D eigenvalue weighted by atomic mass is 10.2. The number of alkyl halides is 3. The van der Waals surface area contributed by atoms with Crippen molar-refractivity contribution in [1.29, 1.82) is 0 Å². The molecule has 2 aromatic heterocycles. The molecule has 0 saturated carbocycles. The number of aliphatic hydroxyl groups is 2. The van der Waals surface area contributed by atoms with Crippen molar-refractivity contribution in [3.05, 3.63) is 75.7 Å². The van der Waals surface area contributed by atoms with Crippen LogP contribution in [0.25, 0.3) is 17.1 Å². The third-order valence-corrected chi connectivity index (χ3v) is 5.40. The Morgan fingerprint density at radius 1 is 1.11 bits per heavy atom. The fourth-order valence-corrected chi connectivity index (χ4v) is 3.55. The highest BCUT2D eigenvalue weighted by Gasteiger charge is 2.39. The lowest BCUT2D eigenvalue weighted by Crippen LogP contribution is -2.37. The molecule has 0 aliphatic rings. The van der Waals surface area contributed by atoms with Crippen molar-refractivity contribution >= 4 is 17.5 Å². The van der Waals surface area contributed by atoms with Gasteiger partial charge in [-0.2, -0.15) is 22.8 Å². The van der Waals surface area contributed by atoms with Crippen molar-refractivity contribution < 1.29 is 27.8 Å². The zero-order valence-corrected chi connectivity index (χ0v) is 19.7. The minimum Gasteiger partial charge on any atom is -0.395 e. The van der Waals surface area contributed by atoms with Crippen LogP contribution in [0.4, 0.5) is 23.5 Å². The smallest absolute Gasteiger partial charge is 0.395 e. The van der Waals surface area contributed by atoms with E-state index in [1.165, 1.54) is 47.1 Å². The maximum absolute atomic E-state index is 13.8. The van der Waals surface area contributed by atoms with Crippen molar-refractivity contribution in [2.75, 3.05) is 18.5 Å². The summed E-state index contributed by atoms with van der Waals surface area (Å²) in [5.41, 5.74) is -0.356. The van der Waals surface area contributed by atoms with Crippen molar-refractivity contribution in [2.24, 2.45) is 0 Å². The Hall–Kier alpha value is -3.75. The Labute approximate surface area is 211 Å². The molecule has 0 bridgehead atoms. The van der Waals surface area contributed by atoms with Gasteiger partial charge in [0.2, 0.25) is 5.95 Å². The molecule has 0 radical (unpaired) electrons. The molecule has 0 fully saturated rings. The normalized spacial score (nSPS) is 12.6. The number of aliphatic hydroxyl groups excluding tert-OH is 2. The Balaban J connectivity index is 1.75. The molecule has 0 spiro atoms. The van der Waals surface area contributed by atoms with Crippen molar-refractivity contribution in [3.8, 4) is 17.1 Å². The Morgan fingerprint density at radius 3 is 2.49 bits per heavy atom. The van der Waals surface area contributed by atoms with Crippen LogP contribution in [0.5, 0.6) is 0 Å². The van der Waals surface area contributed by atoms with Crippen LogP contribution in [0.1, 0.15) is 5.82 Å². The summed E-state index contributed by atoms with van der Waals surface area (Å²) >= 11 is 5.89. The maximum atomic E-state index is 13.8. The zero-order valence-electron chi connectivity index (χ0n) is 18.9. The lowest BCUT2D eigenvalue weighted by Gasteiger charge is -2.15. The maximum Gasteiger partial charge on any atom is 0.416 e. The van der Waals surface area contributed by atoms with Gasteiger partial charge in [-0.25, -0.2) is 13.9 Å². The van der Waals surface area contributed by atoms with Gasteiger partial charge in [0.15, 0.2) is 17.8 Å². The summed E-state index contributed by atoms with van der Waals surface area (Å²) in [4.78, 5) is 17.3. The number of rotatable bonds is 9. The molecular weight excluding hydrogens is 522 g/mol. The summed E-state index contributed by atoms with van der Waals surface area (Å²) < 4.78 is 55.8. The Bertz CT molecular complexity index is 1430. The Kier molecular flexibility index (Phi) is 7.61. The van der Waals surface area contributed by atoms with Gasteiger partial charge in [0.25, 0.3) is 0 Å². The van der Waals surface area contributed by atoms with Gasteiger partial charge >= 0.3 is 11.9 Å². The molecule has 2 aromatic carbocycles. The molecule has 3 N–H and O–H groups in total. The number of benzene rings is 2. The summed E-state index contributed by atoms with van der Waals surface area (Å²) in [7, 11) is 0. The van der Waals surface area contributed by atoms with Crippen LogP contribution in [0.3, 0.4) is 0 Å². The Morgan fingerprint density at radius 2 is 1.84 bits per heavy atom. The molecule has 1 atom stereocenters. The quantitative estimate of drug-likeness (QED) is 0.278. The first-order chi connectivity index (χ1) is 17.6. The van der Waals surface area contributed by atoms with E-state index in [9.17, 15) is 27.5 Å². The van der Waals surface area contributed by atoms with E-state index >= 15 is 0 Å². The first-order valence-corrected chi connectivity index (χ1v) is 11.2. The molecular formula is C22H20ClF4N7O3. The van der Waals surface area contributed by atoms with E-state index in [1.54, 1.807) is 6.07 Å². The fraction of sp³-hybridized carbons (Fsp3) is 0.273. The first-order valence-electron chi connectivity index (χ1n) is 10.8. The van der Waals surface area contributed by atoms with E-state index in [0.29, 0.717) is 15.3 Å². The molecule has 10 nitrogen and oxygen atoms in total. The van der Waals surface area contributed by atoms with Crippen LogP contribution in [0, 0.1) is 5.82 Å². The van der Waals surface area contributed by atoms with Crippen LogP contribution in [-0.2, 0) is 13.1 Å². The first kappa shape index (κ1) is 26.3. The minimum absolute atomic E-state index is 0.0236. The molecule has 4 rings (SSSR count). The molecule has 0 amide bonds. The van der Waals surface area contributed by atoms with Gasteiger partial charge in [-0.1, -0.05) is 17.7 Å². The summed E-state index contributed by atoms with van der Waals surface area (Å²) in [6.07, 6.45) is -7.77. The van der Waals surface area contributed by atoms with Crippen LogP contribution in [0.15, 0.2) is 53.3 Å². The minimum atomic E-state index is -4.96. The SMILES string of the molecule is O=c1n(Cc2nc(NCCO)n(-c3cccc(F)c3)n2)nc(-c2ccc(Cl)cc2)n1C[C@H](O)C(F)(F)F. The molecule has 0 aliphatic carbocycles. The second-order valence-corrected chi connectivity index (χ2v) is 8.27. The van der Waals surface area contributed by atoms with Crippen molar-refractivity contribution in [2.45, 2.75) is 25.4 Å². The number of nitrogens with one attached hydrogen (secondary N) is 1. The predicted octanol–water partition coefficient (Wildman–Crippen LogP) is 2.46. The predicted molar refractivity (Wildman–Crippen MR) is 125 cm³/mol. The standard InChI is InChI=1S/C22H20ClF4N7O3/c23-14-6-4-13(5-7-14)19-31-33(21(37)32(19)11-17(36)22(25,26)27)12-18-29-20(28-8-9-35)34(30-18)16-3-1-2-15(24)10-16/h1-7,10,17,35-36H,8-9,11-12H2,(H,28,29,30)/t17-/m0/s1. The molecule has 0 saturated heterocycles. The average Bonchev–Trinajstić information content (AvgIpc) is 3.39. The highest BCUT2D eigenvalue weighted by atomic mass is 35.5. The zero-order chi connectivity index (χ0) is 26.7.